The number of morpholine rings is 1. The van der Waals surface area contributed by atoms with E-state index in [2.05, 4.69) is 19.9 Å². The molecule has 1 atom stereocenters. The van der Waals surface area contributed by atoms with Gasteiger partial charge in [0.25, 0.3) is 0 Å². The maximum atomic E-state index is 5.98. The molecule has 7 nitrogen and oxygen atoms in total. The molecule has 1 aliphatic rings. The van der Waals surface area contributed by atoms with Gasteiger partial charge in [0.05, 0.1) is 23.0 Å². The molecule has 1 aliphatic heterocycles. The van der Waals surface area contributed by atoms with Gasteiger partial charge in [-0.1, -0.05) is 6.07 Å². The molecule has 0 aliphatic carbocycles. The van der Waals surface area contributed by atoms with Crippen molar-refractivity contribution in [1.29, 1.82) is 0 Å². The molecule has 8 heteroatoms. The maximum Gasteiger partial charge on any atom is 0.219 e. The van der Waals surface area contributed by atoms with Crippen LogP contribution < -0.4 is 5.73 Å². The summed E-state index contributed by atoms with van der Waals surface area (Å²) in [5.74, 6) is 0.259. The lowest BCUT2D eigenvalue weighted by atomic mass is 10.1. The van der Waals surface area contributed by atoms with Crippen LogP contribution in [0.5, 0.6) is 0 Å². The second-order valence-corrected chi connectivity index (χ2v) is 7.54. The van der Waals surface area contributed by atoms with Crippen molar-refractivity contribution in [2.24, 2.45) is 0 Å². The standard InChI is InChI=1S/C18H20N6OS/c1-12-20-9-14(26-12)10-24-5-6-25-17(11-24)16-4-2-3-15(23-16)13-7-21-18(19)22-8-13/h2-4,7-9,17H,5-6,10-11H2,1H3,(H2,19,21,22)/t17-/m0/s1. The average Bonchev–Trinajstić information content (AvgIpc) is 3.07. The number of thiazole rings is 1. The van der Waals surface area contributed by atoms with Crippen molar-refractivity contribution in [3.05, 3.63) is 52.4 Å². The predicted octanol–water partition coefficient (Wildman–Crippen LogP) is 2.46. The van der Waals surface area contributed by atoms with Crippen molar-refractivity contribution < 1.29 is 4.74 Å². The number of ether oxygens (including phenoxy) is 1. The first-order chi connectivity index (χ1) is 12.7. The van der Waals surface area contributed by atoms with Crippen LogP contribution in [0.15, 0.2) is 36.8 Å². The number of nitrogens with zero attached hydrogens (tertiary/aromatic N) is 5. The monoisotopic (exact) mass is 368 g/mol. The van der Waals surface area contributed by atoms with E-state index in [1.54, 1.807) is 23.7 Å². The summed E-state index contributed by atoms with van der Waals surface area (Å²) in [6.07, 6.45) is 5.29. The van der Waals surface area contributed by atoms with E-state index in [9.17, 15) is 0 Å². The van der Waals surface area contributed by atoms with Gasteiger partial charge in [-0.15, -0.1) is 11.3 Å². The maximum absolute atomic E-state index is 5.98. The minimum absolute atomic E-state index is 0.0487. The van der Waals surface area contributed by atoms with Gasteiger partial charge in [-0.2, -0.15) is 0 Å². The Morgan fingerprint density at radius 2 is 2.08 bits per heavy atom. The number of pyridine rings is 1. The Morgan fingerprint density at radius 3 is 2.85 bits per heavy atom. The van der Waals surface area contributed by atoms with Crippen LogP contribution in [0.1, 0.15) is 21.7 Å². The van der Waals surface area contributed by atoms with E-state index in [4.69, 9.17) is 15.5 Å². The van der Waals surface area contributed by atoms with Gasteiger partial charge in [0, 0.05) is 48.7 Å². The molecule has 0 unspecified atom stereocenters. The molecule has 0 spiro atoms. The smallest absolute Gasteiger partial charge is 0.219 e. The lowest BCUT2D eigenvalue weighted by Crippen LogP contribution is -2.37. The summed E-state index contributed by atoms with van der Waals surface area (Å²) < 4.78 is 5.98. The van der Waals surface area contributed by atoms with Gasteiger partial charge in [0.2, 0.25) is 5.95 Å². The zero-order valence-electron chi connectivity index (χ0n) is 14.5. The van der Waals surface area contributed by atoms with Gasteiger partial charge in [0.1, 0.15) is 6.10 Å². The third-order valence-electron chi connectivity index (χ3n) is 4.27. The molecular weight excluding hydrogens is 348 g/mol. The van der Waals surface area contributed by atoms with Crippen LogP contribution in [-0.4, -0.2) is 44.5 Å². The third kappa shape index (κ3) is 3.87. The van der Waals surface area contributed by atoms with Gasteiger partial charge >= 0.3 is 0 Å². The normalized spacial score (nSPS) is 18.1. The minimum Gasteiger partial charge on any atom is -0.369 e. The number of rotatable bonds is 4. The van der Waals surface area contributed by atoms with Crippen molar-refractivity contribution in [2.45, 2.75) is 19.6 Å². The van der Waals surface area contributed by atoms with E-state index in [0.29, 0.717) is 6.61 Å². The largest absolute Gasteiger partial charge is 0.369 e. The van der Waals surface area contributed by atoms with Crippen molar-refractivity contribution in [3.63, 3.8) is 0 Å². The molecule has 134 valence electrons. The van der Waals surface area contributed by atoms with Gasteiger partial charge < -0.3 is 10.5 Å². The van der Waals surface area contributed by atoms with Crippen LogP contribution in [0.2, 0.25) is 0 Å². The molecular formula is C18H20N6OS. The van der Waals surface area contributed by atoms with E-state index < -0.39 is 0 Å². The topological polar surface area (TPSA) is 90.0 Å². The Bertz CT molecular complexity index is 881. The van der Waals surface area contributed by atoms with Crippen LogP contribution in [0.4, 0.5) is 5.95 Å². The summed E-state index contributed by atoms with van der Waals surface area (Å²) in [6, 6.07) is 5.94. The van der Waals surface area contributed by atoms with Gasteiger partial charge in [0.15, 0.2) is 0 Å². The summed E-state index contributed by atoms with van der Waals surface area (Å²) >= 11 is 1.75. The Balaban J connectivity index is 1.49. The first-order valence-corrected chi connectivity index (χ1v) is 9.29. The first kappa shape index (κ1) is 17.0. The number of nitrogen functional groups attached to an aromatic ring is 1. The first-order valence-electron chi connectivity index (χ1n) is 8.47. The fourth-order valence-electron chi connectivity index (χ4n) is 2.99. The highest BCUT2D eigenvalue weighted by Crippen LogP contribution is 2.25. The fraction of sp³-hybridized carbons (Fsp3) is 0.333. The molecule has 2 N–H and O–H groups in total. The number of aromatic nitrogens is 4. The van der Waals surface area contributed by atoms with E-state index in [-0.39, 0.29) is 12.1 Å². The van der Waals surface area contributed by atoms with Crippen molar-refractivity contribution >= 4 is 17.3 Å². The number of nitrogens with two attached hydrogens (primary N) is 1. The lowest BCUT2D eigenvalue weighted by Gasteiger charge is -2.32. The molecule has 4 heterocycles. The number of anilines is 1. The van der Waals surface area contributed by atoms with Crippen LogP contribution in [-0.2, 0) is 11.3 Å². The van der Waals surface area contributed by atoms with Crippen LogP contribution in [0.25, 0.3) is 11.3 Å². The van der Waals surface area contributed by atoms with E-state index in [1.165, 1.54) is 4.88 Å². The second-order valence-electron chi connectivity index (χ2n) is 6.22. The van der Waals surface area contributed by atoms with Crippen molar-refractivity contribution in [1.82, 2.24) is 24.8 Å². The second kappa shape index (κ2) is 7.45. The molecule has 0 aromatic carbocycles. The zero-order valence-corrected chi connectivity index (χ0v) is 15.3. The number of hydrogen-bond donors (Lipinski definition) is 1. The van der Waals surface area contributed by atoms with Crippen LogP contribution in [0, 0.1) is 6.92 Å². The molecule has 0 amide bonds. The highest BCUT2D eigenvalue weighted by atomic mass is 32.1. The lowest BCUT2D eigenvalue weighted by molar-refractivity contribution is -0.0346. The predicted molar refractivity (Wildman–Crippen MR) is 100 cm³/mol. The molecule has 0 radical (unpaired) electrons. The summed E-state index contributed by atoms with van der Waals surface area (Å²) in [5.41, 5.74) is 8.14. The Morgan fingerprint density at radius 1 is 1.23 bits per heavy atom. The van der Waals surface area contributed by atoms with E-state index in [0.717, 1.165) is 41.6 Å². The molecule has 1 saturated heterocycles. The molecule has 4 rings (SSSR count). The summed E-state index contributed by atoms with van der Waals surface area (Å²) in [5, 5.41) is 1.10. The molecule has 0 saturated carbocycles. The van der Waals surface area contributed by atoms with E-state index in [1.807, 2.05) is 31.3 Å². The quantitative estimate of drug-likeness (QED) is 0.756. The number of aryl methyl sites for hydroxylation is 1. The minimum atomic E-state index is -0.0487. The van der Waals surface area contributed by atoms with Crippen molar-refractivity contribution in [3.8, 4) is 11.3 Å². The van der Waals surface area contributed by atoms with Crippen LogP contribution >= 0.6 is 11.3 Å². The zero-order chi connectivity index (χ0) is 17.9. The fourth-order valence-corrected chi connectivity index (χ4v) is 3.82. The molecule has 0 bridgehead atoms. The van der Waals surface area contributed by atoms with E-state index >= 15 is 0 Å². The Labute approximate surface area is 155 Å². The van der Waals surface area contributed by atoms with Crippen LogP contribution in [0.3, 0.4) is 0 Å². The molecule has 1 fully saturated rings. The number of hydrogen-bond acceptors (Lipinski definition) is 8. The van der Waals surface area contributed by atoms with Crippen molar-refractivity contribution in [2.75, 3.05) is 25.4 Å². The van der Waals surface area contributed by atoms with Gasteiger partial charge in [-0.25, -0.2) is 19.9 Å². The average molecular weight is 368 g/mol. The third-order valence-corrected chi connectivity index (χ3v) is 5.16. The molecule has 3 aromatic heterocycles. The summed E-state index contributed by atoms with van der Waals surface area (Å²) in [7, 11) is 0. The Hall–Kier alpha value is -2.42. The molecule has 26 heavy (non-hydrogen) atoms. The summed E-state index contributed by atoms with van der Waals surface area (Å²) in [4.78, 5) is 20.9. The highest BCUT2D eigenvalue weighted by Gasteiger charge is 2.24. The SMILES string of the molecule is Cc1ncc(CN2CCO[C@H](c3cccc(-c4cnc(N)nc4)n3)C2)s1. The van der Waals surface area contributed by atoms with Gasteiger partial charge in [-0.05, 0) is 19.1 Å². The summed E-state index contributed by atoms with van der Waals surface area (Å²) in [6.45, 7) is 5.35. The van der Waals surface area contributed by atoms with Gasteiger partial charge in [-0.3, -0.25) is 4.90 Å². The molecule has 3 aromatic rings. The highest BCUT2D eigenvalue weighted by molar-refractivity contribution is 7.11. The Kier molecular flexibility index (Phi) is 4.87.